The Balaban J connectivity index is 2.84. The highest BCUT2D eigenvalue weighted by atomic mass is 79.9. The second-order valence-corrected chi connectivity index (χ2v) is 5.70. The highest BCUT2D eigenvalue weighted by Gasteiger charge is 2.27. The summed E-state index contributed by atoms with van der Waals surface area (Å²) in [7, 11) is 0. The van der Waals surface area contributed by atoms with Crippen molar-refractivity contribution in [2.24, 2.45) is 0 Å². The summed E-state index contributed by atoms with van der Waals surface area (Å²) in [5.41, 5.74) is 0. The quantitative estimate of drug-likeness (QED) is 0.547. The molecule has 0 spiro atoms. The Morgan fingerprint density at radius 3 is 2.60 bits per heavy atom. The van der Waals surface area contributed by atoms with Crippen molar-refractivity contribution in [3.05, 3.63) is 23.4 Å². The van der Waals surface area contributed by atoms with Crippen molar-refractivity contribution in [1.82, 2.24) is 5.06 Å². The molecule has 0 unspecified atom stereocenters. The fourth-order valence-corrected chi connectivity index (χ4v) is 1.13. The predicted molar refractivity (Wildman–Crippen MR) is 47.3 cm³/mol. The monoisotopic (exact) mass is 287 g/mol. The van der Waals surface area contributed by atoms with E-state index < -0.39 is 3.36 Å². The molecule has 10 heavy (non-hydrogen) atoms. The van der Waals surface area contributed by atoms with Gasteiger partial charge >= 0.3 is 0 Å². The van der Waals surface area contributed by atoms with Crippen LogP contribution in [0.4, 0.5) is 0 Å². The van der Waals surface area contributed by atoms with E-state index >= 15 is 0 Å². The lowest BCUT2D eigenvalue weighted by molar-refractivity contribution is -0.0472. The van der Waals surface area contributed by atoms with E-state index in [0.717, 1.165) is 5.06 Å². The maximum absolute atomic E-state index is 9.13. The standard InChI is InChI=1S/C5H4Br2ClNO/c6-5(7)2-1-4(8)3-9(5)10/h1-3,10H. The van der Waals surface area contributed by atoms with Gasteiger partial charge in [-0.05, 0) is 44.0 Å². The Kier molecular flexibility index (Phi) is 2.45. The molecule has 0 aliphatic carbocycles. The van der Waals surface area contributed by atoms with E-state index in [9.17, 15) is 0 Å². The Bertz CT molecular complexity index is 202. The first-order valence-corrected chi connectivity index (χ1v) is 4.41. The number of rotatable bonds is 0. The summed E-state index contributed by atoms with van der Waals surface area (Å²) in [5.74, 6) is 0. The van der Waals surface area contributed by atoms with Gasteiger partial charge in [-0.1, -0.05) is 11.6 Å². The third-order valence-corrected chi connectivity index (χ3v) is 2.47. The van der Waals surface area contributed by atoms with Gasteiger partial charge in [0.2, 0.25) is 0 Å². The van der Waals surface area contributed by atoms with E-state index in [0.29, 0.717) is 5.03 Å². The smallest absolute Gasteiger partial charge is 0.193 e. The van der Waals surface area contributed by atoms with Gasteiger partial charge in [0.15, 0.2) is 3.36 Å². The fourth-order valence-electron chi connectivity index (χ4n) is 0.502. The van der Waals surface area contributed by atoms with Crippen molar-refractivity contribution < 1.29 is 5.21 Å². The molecule has 1 aliphatic heterocycles. The van der Waals surface area contributed by atoms with Crippen LogP contribution >= 0.6 is 43.5 Å². The Morgan fingerprint density at radius 1 is 1.60 bits per heavy atom. The molecular formula is C5H4Br2ClNO. The lowest BCUT2D eigenvalue weighted by atomic mass is 10.4. The van der Waals surface area contributed by atoms with E-state index in [-0.39, 0.29) is 0 Å². The molecule has 1 heterocycles. The fraction of sp³-hybridized carbons (Fsp3) is 0.200. The number of hydroxylamine groups is 2. The van der Waals surface area contributed by atoms with Gasteiger partial charge in [-0.25, -0.2) is 5.06 Å². The lowest BCUT2D eigenvalue weighted by Crippen LogP contribution is -2.31. The molecule has 5 heteroatoms. The Morgan fingerprint density at radius 2 is 2.20 bits per heavy atom. The molecule has 0 saturated heterocycles. The van der Waals surface area contributed by atoms with Gasteiger partial charge in [0.1, 0.15) is 0 Å². The molecule has 0 amide bonds. The molecule has 0 aromatic carbocycles. The number of allylic oxidation sites excluding steroid dienone is 2. The highest BCUT2D eigenvalue weighted by molar-refractivity contribution is 9.25. The van der Waals surface area contributed by atoms with Crippen LogP contribution in [0, 0.1) is 0 Å². The average molecular weight is 289 g/mol. The molecule has 0 aromatic rings. The first-order chi connectivity index (χ1) is 4.52. The minimum atomic E-state index is -0.710. The maximum atomic E-state index is 9.13. The molecule has 0 bridgehead atoms. The molecule has 0 atom stereocenters. The topological polar surface area (TPSA) is 23.5 Å². The van der Waals surface area contributed by atoms with E-state index in [2.05, 4.69) is 31.9 Å². The van der Waals surface area contributed by atoms with Gasteiger partial charge < -0.3 is 0 Å². The summed E-state index contributed by atoms with van der Waals surface area (Å²) in [4.78, 5) is 0. The summed E-state index contributed by atoms with van der Waals surface area (Å²) in [6, 6.07) is 0. The average Bonchev–Trinajstić information content (AvgIpc) is 1.81. The summed E-state index contributed by atoms with van der Waals surface area (Å²) in [6.07, 6.45) is 4.75. The molecule has 1 rings (SSSR count). The first-order valence-electron chi connectivity index (χ1n) is 2.45. The van der Waals surface area contributed by atoms with Crippen LogP contribution in [0.2, 0.25) is 0 Å². The van der Waals surface area contributed by atoms with Crippen molar-refractivity contribution in [2.45, 2.75) is 3.36 Å². The van der Waals surface area contributed by atoms with Crippen molar-refractivity contribution >= 4 is 43.5 Å². The van der Waals surface area contributed by atoms with E-state index in [1.54, 1.807) is 12.2 Å². The number of nitrogens with zero attached hydrogens (tertiary/aromatic N) is 1. The summed E-state index contributed by atoms with van der Waals surface area (Å²) < 4.78 is -0.710. The van der Waals surface area contributed by atoms with Gasteiger partial charge in [0.05, 0.1) is 5.03 Å². The van der Waals surface area contributed by atoms with Crippen LogP contribution in [0.15, 0.2) is 23.4 Å². The molecule has 0 fully saturated rings. The van der Waals surface area contributed by atoms with Crippen LogP contribution in [0.3, 0.4) is 0 Å². The van der Waals surface area contributed by atoms with Crippen molar-refractivity contribution in [2.75, 3.05) is 0 Å². The summed E-state index contributed by atoms with van der Waals surface area (Å²) in [5, 5.41) is 10.5. The molecular weight excluding hydrogens is 285 g/mol. The largest absolute Gasteiger partial charge is 0.286 e. The highest BCUT2D eigenvalue weighted by Crippen LogP contribution is 2.35. The van der Waals surface area contributed by atoms with Crippen molar-refractivity contribution in [3.63, 3.8) is 0 Å². The minimum absolute atomic E-state index is 0.483. The zero-order chi connectivity index (χ0) is 7.78. The van der Waals surface area contributed by atoms with Crippen LogP contribution in [0.5, 0.6) is 0 Å². The molecule has 2 nitrogen and oxygen atoms in total. The second-order valence-electron chi connectivity index (χ2n) is 1.78. The molecule has 0 saturated carbocycles. The van der Waals surface area contributed by atoms with E-state index in [1.807, 2.05) is 0 Å². The van der Waals surface area contributed by atoms with Gasteiger partial charge in [0, 0.05) is 6.20 Å². The normalized spacial score (nSPS) is 22.8. The van der Waals surface area contributed by atoms with Gasteiger partial charge in [-0.2, -0.15) is 0 Å². The van der Waals surface area contributed by atoms with E-state index in [4.69, 9.17) is 16.8 Å². The number of alkyl halides is 2. The van der Waals surface area contributed by atoms with Crippen molar-refractivity contribution in [3.8, 4) is 0 Å². The third kappa shape index (κ3) is 1.75. The maximum Gasteiger partial charge on any atom is 0.193 e. The molecule has 0 radical (unpaired) electrons. The van der Waals surface area contributed by atoms with E-state index in [1.165, 1.54) is 6.20 Å². The van der Waals surface area contributed by atoms with Crippen molar-refractivity contribution in [1.29, 1.82) is 0 Å². The zero-order valence-corrected chi connectivity index (χ0v) is 8.69. The molecule has 1 N–H and O–H groups in total. The molecule has 1 aliphatic rings. The number of hydrogen-bond donors (Lipinski definition) is 1. The van der Waals surface area contributed by atoms with Crippen LogP contribution in [-0.2, 0) is 0 Å². The SMILES string of the molecule is ON1C=C(Cl)C=CC1(Br)Br. The third-order valence-electron chi connectivity index (χ3n) is 0.994. The Hall–Kier alpha value is 0.490. The zero-order valence-electron chi connectivity index (χ0n) is 4.76. The van der Waals surface area contributed by atoms with Crippen LogP contribution in [0.25, 0.3) is 0 Å². The van der Waals surface area contributed by atoms with Gasteiger partial charge in [-0.3, -0.25) is 5.21 Å². The minimum Gasteiger partial charge on any atom is -0.286 e. The summed E-state index contributed by atoms with van der Waals surface area (Å²) in [6.45, 7) is 0. The summed E-state index contributed by atoms with van der Waals surface area (Å²) >= 11 is 11.9. The molecule has 0 aromatic heterocycles. The number of halogens is 3. The van der Waals surface area contributed by atoms with Crippen LogP contribution in [-0.4, -0.2) is 13.6 Å². The van der Waals surface area contributed by atoms with Crippen LogP contribution in [0.1, 0.15) is 0 Å². The second kappa shape index (κ2) is 2.85. The predicted octanol–water partition coefficient (Wildman–Crippen LogP) is 2.77. The number of hydrogen-bond acceptors (Lipinski definition) is 2. The van der Waals surface area contributed by atoms with Crippen LogP contribution < -0.4 is 0 Å². The van der Waals surface area contributed by atoms with Gasteiger partial charge in [0.25, 0.3) is 0 Å². The Labute approximate surface area is 80.4 Å². The molecule has 56 valence electrons. The first kappa shape index (κ1) is 8.59. The lowest BCUT2D eigenvalue weighted by Gasteiger charge is -2.27. The van der Waals surface area contributed by atoms with Gasteiger partial charge in [-0.15, -0.1) is 0 Å².